The Morgan fingerprint density at radius 2 is 1.96 bits per heavy atom. The second kappa shape index (κ2) is 7.76. The molecule has 130 valence electrons. The summed E-state index contributed by atoms with van der Waals surface area (Å²) < 4.78 is 1.67. The minimum Gasteiger partial charge on any atom is -0.383 e. The fraction of sp³-hybridized carbons (Fsp3) is 0.316. The van der Waals surface area contributed by atoms with E-state index in [1.807, 2.05) is 43.3 Å². The molecule has 25 heavy (non-hydrogen) atoms. The Hall–Kier alpha value is -2.24. The third kappa shape index (κ3) is 4.65. The SMILES string of the molecule is Cc1ccc(C(O)(CCCc2ccc(Cl)cn2)Cn2cncn2)cc1. The van der Waals surface area contributed by atoms with Gasteiger partial charge >= 0.3 is 0 Å². The quantitative estimate of drug-likeness (QED) is 0.703. The van der Waals surface area contributed by atoms with Crippen molar-refractivity contribution in [1.82, 2.24) is 19.7 Å². The Morgan fingerprint density at radius 3 is 2.60 bits per heavy atom. The highest BCUT2D eigenvalue weighted by molar-refractivity contribution is 6.30. The van der Waals surface area contributed by atoms with Gasteiger partial charge in [0.1, 0.15) is 18.3 Å². The van der Waals surface area contributed by atoms with Crippen LogP contribution in [0.3, 0.4) is 0 Å². The molecule has 0 aliphatic rings. The molecule has 0 radical (unpaired) electrons. The van der Waals surface area contributed by atoms with Crippen LogP contribution in [0, 0.1) is 6.92 Å². The van der Waals surface area contributed by atoms with Gasteiger partial charge in [-0.15, -0.1) is 0 Å². The summed E-state index contributed by atoms with van der Waals surface area (Å²) >= 11 is 5.87. The molecule has 1 aromatic carbocycles. The summed E-state index contributed by atoms with van der Waals surface area (Å²) in [6.07, 6.45) is 6.93. The average Bonchev–Trinajstić information content (AvgIpc) is 3.10. The van der Waals surface area contributed by atoms with Crippen LogP contribution in [0.1, 0.15) is 29.7 Å². The number of hydrogen-bond acceptors (Lipinski definition) is 4. The van der Waals surface area contributed by atoms with Crippen molar-refractivity contribution in [1.29, 1.82) is 0 Å². The van der Waals surface area contributed by atoms with Crippen molar-refractivity contribution in [3.05, 3.63) is 77.1 Å². The standard InChI is InChI=1S/C19H21ClN4O/c1-15-4-6-16(7-5-15)19(25,12-24-14-21-13-23-24)10-2-3-18-9-8-17(20)11-22-18/h4-9,11,13-14,25H,2-3,10,12H2,1H3. The fourth-order valence-corrected chi connectivity index (χ4v) is 2.99. The van der Waals surface area contributed by atoms with E-state index in [2.05, 4.69) is 15.1 Å². The normalized spacial score (nSPS) is 13.6. The van der Waals surface area contributed by atoms with Crippen LogP contribution in [-0.2, 0) is 18.6 Å². The van der Waals surface area contributed by atoms with E-state index in [9.17, 15) is 5.11 Å². The highest BCUT2D eigenvalue weighted by atomic mass is 35.5. The monoisotopic (exact) mass is 356 g/mol. The van der Waals surface area contributed by atoms with Gasteiger partial charge in [0.15, 0.2) is 0 Å². The highest BCUT2D eigenvalue weighted by Crippen LogP contribution is 2.29. The van der Waals surface area contributed by atoms with Crippen molar-refractivity contribution in [2.75, 3.05) is 0 Å². The molecular weight excluding hydrogens is 336 g/mol. The van der Waals surface area contributed by atoms with Crippen LogP contribution in [0.5, 0.6) is 0 Å². The molecule has 5 nitrogen and oxygen atoms in total. The van der Waals surface area contributed by atoms with Gasteiger partial charge in [0, 0.05) is 11.9 Å². The van der Waals surface area contributed by atoms with E-state index in [0.717, 1.165) is 29.7 Å². The van der Waals surface area contributed by atoms with E-state index < -0.39 is 5.60 Å². The molecule has 0 aliphatic carbocycles. The first-order chi connectivity index (χ1) is 12.0. The van der Waals surface area contributed by atoms with E-state index in [-0.39, 0.29) is 0 Å². The lowest BCUT2D eigenvalue weighted by atomic mass is 9.87. The first-order valence-electron chi connectivity index (χ1n) is 8.27. The lowest BCUT2D eigenvalue weighted by molar-refractivity contribution is 0.00438. The smallest absolute Gasteiger partial charge is 0.137 e. The number of hydrogen-bond donors (Lipinski definition) is 1. The van der Waals surface area contributed by atoms with E-state index in [4.69, 9.17) is 11.6 Å². The van der Waals surface area contributed by atoms with Gasteiger partial charge in [0.2, 0.25) is 0 Å². The molecule has 2 aromatic heterocycles. The van der Waals surface area contributed by atoms with Crippen LogP contribution in [0.25, 0.3) is 0 Å². The molecule has 3 rings (SSSR count). The maximum absolute atomic E-state index is 11.3. The molecule has 1 atom stereocenters. The molecule has 3 aromatic rings. The van der Waals surface area contributed by atoms with Crippen LogP contribution in [0.4, 0.5) is 0 Å². The number of pyridine rings is 1. The summed E-state index contributed by atoms with van der Waals surface area (Å²) in [7, 11) is 0. The Kier molecular flexibility index (Phi) is 5.46. The van der Waals surface area contributed by atoms with Gasteiger partial charge in [-0.05, 0) is 43.9 Å². The van der Waals surface area contributed by atoms with E-state index >= 15 is 0 Å². The minimum atomic E-state index is -1.01. The van der Waals surface area contributed by atoms with Gasteiger partial charge in [-0.2, -0.15) is 5.10 Å². The first-order valence-corrected chi connectivity index (χ1v) is 8.65. The molecule has 1 unspecified atom stereocenters. The molecule has 0 saturated heterocycles. The summed E-state index contributed by atoms with van der Waals surface area (Å²) in [6, 6.07) is 11.8. The van der Waals surface area contributed by atoms with Gasteiger partial charge in [-0.25, -0.2) is 9.67 Å². The van der Waals surface area contributed by atoms with Crippen molar-refractivity contribution in [3.8, 4) is 0 Å². The van der Waals surface area contributed by atoms with Gasteiger partial charge < -0.3 is 5.11 Å². The van der Waals surface area contributed by atoms with Gasteiger partial charge in [0.05, 0.1) is 11.6 Å². The molecule has 0 spiro atoms. The summed E-state index contributed by atoms with van der Waals surface area (Å²) in [6.45, 7) is 2.40. The van der Waals surface area contributed by atoms with Crippen molar-refractivity contribution in [2.24, 2.45) is 0 Å². The Morgan fingerprint density at radius 1 is 1.16 bits per heavy atom. The topological polar surface area (TPSA) is 63.8 Å². The molecule has 0 amide bonds. The zero-order valence-electron chi connectivity index (χ0n) is 14.1. The molecular formula is C19H21ClN4O. The van der Waals surface area contributed by atoms with Crippen molar-refractivity contribution < 1.29 is 5.11 Å². The molecule has 0 aliphatic heterocycles. The fourth-order valence-electron chi connectivity index (χ4n) is 2.88. The van der Waals surface area contributed by atoms with Crippen LogP contribution < -0.4 is 0 Å². The summed E-state index contributed by atoms with van der Waals surface area (Å²) in [5, 5.41) is 16.1. The predicted molar refractivity (Wildman–Crippen MR) is 97.3 cm³/mol. The third-order valence-corrected chi connectivity index (χ3v) is 4.51. The number of aryl methyl sites for hydroxylation is 2. The van der Waals surface area contributed by atoms with Crippen molar-refractivity contribution in [2.45, 2.75) is 38.3 Å². The summed E-state index contributed by atoms with van der Waals surface area (Å²) in [5.41, 5.74) is 2.01. The second-order valence-electron chi connectivity index (χ2n) is 6.31. The minimum absolute atomic E-state index is 0.365. The Balaban J connectivity index is 1.73. The van der Waals surface area contributed by atoms with Crippen molar-refractivity contribution >= 4 is 11.6 Å². The summed E-state index contributed by atoms with van der Waals surface area (Å²) in [4.78, 5) is 8.29. The number of halogens is 1. The Labute approximate surface area is 152 Å². The van der Waals surface area contributed by atoms with Crippen molar-refractivity contribution in [3.63, 3.8) is 0 Å². The zero-order valence-corrected chi connectivity index (χ0v) is 14.9. The number of aromatic nitrogens is 4. The molecule has 1 N–H and O–H groups in total. The largest absolute Gasteiger partial charge is 0.383 e. The average molecular weight is 357 g/mol. The van der Waals surface area contributed by atoms with Crippen LogP contribution in [0.2, 0.25) is 5.02 Å². The molecule has 0 saturated carbocycles. The van der Waals surface area contributed by atoms with Crippen LogP contribution >= 0.6 is 11.6 Å². The molecule has 2 heterocycles. The van der Waals surface area contributed by atoms with Gasteiger partial charge in [0.25, 0.3) is 0 Å². The lowest BCUT2D eigenvalue weighted by Crippen LogP contribution is -2.32. The predicted octanol–water partition coefficient (Wildman–Crippen LogP) is 3.55. The molecule has 0 bridgehead atoms. The first kappa shape index (κ1) is 17.6. The van der Waals surface area contributed by atoms with E-state index in [0.29, 0.717) is 18.0 Å². The zero-order chi connectivity index (χ0) is 17.7. The van der Waals surface area contributed by atoms with Gasteiger partial charge in [-0.3, -0.25) is 4.98 Å². The summed E-state index contributed by atoms with van der Waals surface area (Å²) in [5.74, 6) is 0. The third-order valence-electron chi connectivity index (χ3n) is 4.29. The maximum atomic E-state index is 11.3. The number of nitrogens with zero attached hydrogens (tertiary/aromatic N) is 4. The molecule has 6 heteroatoms. The number of aliphatic hydroxyl groups is 1. The number of benzene rings is 1. The van der Waals surface area contributed by atoms with Crippen LogP contribution in [-0.4, -0.2) is 24.9 Å². The van der Waals surface area contributed by atoms with E-state index in [1.165, 1.54) is 6.33 Å². The Bertz CT molecular complexity index is 787. The second-order valence-corrected chi connectivity index (χ2v) is 6.75. The van der Waals surface area contributed by atoms with Crippen LogP contribution in [0.15, 0.2) is 55.2 Å². The van der Waals surface area contributed by atoms with E-state index in [1.54, 1.807) is 17.2 Å². The maximum Gasteiger partial charge on any atom is 0.137 e. The molecule has 0 fully saturated rings. The lowest BCUT2D eigenvalue weighted by Gasteiger charge is -2.29. The number of rotatable bonds is 7. The van der Waals surface area contributed by atoms with Gasteiger partial charge in [-0.1, -0.05) is 41.4 Å². The highest BCUT2D eigenvalue weighted by Gasteiger charge is 2.29.